The Morgan fingerprint density at radius 1 is 0.875 bits per heavy atom. The van der Waals surface area contributed by atoms with Crippen LogP contribution in [-0.4, -0.2) is 11.7 Å². The summed E-state index contributed by atoms with van der Waals surface area (Å²) in [5, 5.41) is 9.61. The standard InChI is InChI=1S/C21H28O2S/c1-4-5-6-7-8-13-23-21-12-10-19(15-17(21)3)24-18-9-11-20(22)16(2)14-18/h9-12,14-15,22H,4-8,13H2,1-3H3. The van der Waals surface area contributed by atoms with Crippen LogP contribution in [-0.2, 0) is 0 Å². The molecule has 0 heterocycles. The lowest BCUT2D eigenvalue weighted by Crippen LogP contribution is -1.99. The second kappa shape index (κ2) is 9.63. The van der Waals surface area contributed by atoms with Crippen LogP contribution in [0.1, 0.15) is 50.2 Å². The second-order valence-corrected chi connectivity index (χ2v) is 7.39. The summed E-state index contributed by atoms with van der Waals surface area (Å²) in [5.74, 6) is 1.33. The third-order valence-corrected chi connectivity index (χ3v) is 5.04. The van der Waals surface area contributed by atoms with Gasteiger partial charge in [0.15, 0.2) is 0 Å². The Labute approximate surface area is 150 Å². The van der Waals surface area contributed by atoms with Gasteiger partial charge in [0.25, 0.3) is 0 Å². The van der Waals surface area contributed by atoms with Gasteiger partial charge in [0.05, 0.1) is 6.61 Å². The highest BCUT2D eigenvalue weighted by Gasteiger charge is 2.05. The molecule has 1 N–H and O–H groups in total. The molecule has 130 valence electrons. The summed E-state index contributed by atoms with van der Waals surface area (Å²) in [6.07, 6.45) is 6.28. The summed E-state index contributed by atoms with van der Waals surface area (Å²) >= 11 is 1.70. The first-order chi connectivity index (χ1) is 11.6. The summed E-state index contributed by atoms with van der Waals surface area (Å²) in [6, 6.07) is 12.0. The Morgan fingerprint density at radius 3 is 2.21 bits per heavy atom. The van der Waals surface area contributed by atoms with E-state index in [0.717, 1.165) is 29.2 Å². The van der Waals surface area contributed by atoms with Crippen molar-refractivity contribution in [3.63, 3.8) is 0 Å². The highest BCUT2D eigenvalue weighted by molar-refractivity contribution is 7.99. The van der Waals surface area contributed by atoms with E-state index in [1.165, 1.54) is 36.1 Å². The molecule has 0 amide bonds. The van der Waals surface area contributed by atoms with Gasteiger partial charge in [0, 0.05) is 9.79 Å². The molecule has 0 atom stereocenters. The van der Waals surface area contributed by atoms with E-state index in [1.54, 1.807) is 17.8 Å². The first-order valence-corrected chi connectivity index (χ1v) is 9.62. The fourth-order valence-corrected chi connectivity index (χ4v) is 3.58. The van der Waals surface area contributed by atoms with Gasteiger partial charge in [-0.3, -0.25) is 0 Å². The van der Waals surface area contributed by atoms with Crippen LogP contribution in [0.4, 0.5) is 0 Å². The summed E-state index contributed by atoms with van der Waals surface area (Å²) < 4.78 is 5.91. The van der Waals surface area contributed by atoms with Gasteiger partial charge in [0.2, 0.25) is 0 Å². The first-order valence-electron chi connectivity index (χ1n) is 8.81. The number of phenolic OH excluding ortho intramolecular Hbond substituents is 1. The minimum Gasteiger partial charge on any atom is -0.508 e. The molecule has 2 aromatic carbocycles. The number of aryl methyl sites for hydroxylation is 2. The summed E-state index contributed by atoms with van der Waals surface area (Å²) in [7, 11) is 0. The number of benzene rings is 2. The largest absolute Gasteiger partial charge is 0.508 e. The molecule has 24 heavy (non-hydrogen) atoms. The number of hydrogen-bond acceptors (Lipinski definition) is 3. The van der Waals surface area contributed by atoms with Crippen molar-refractivity contribution in [3.8, 4) is 11.5 Å². The van der Waals surface area contributed by atoms with E-state index in [2.05, 4.69) is 32.0 Å². The monoisotopic (exact) mass is 344 g/mol. The number of ether oxygens (including phenoxy) is 1. The predicted octanol–water partition coefficient (Wildman–Crippen LogP) is 6.51. The van der Waals surface area contributed by atoms with E-state index in [0.29, 0.717) is 5.75 Å². The van der Waals surface area contributed by atoms with Gasteiger partial charge >= 0.3 is 0 Å². The number of rotatable bonds is 9. The Balaban J connectivity index is 1.88. The Bertz CT molecular complexity index is 652. The van der Waals surface area contributed by atoms with E-state index in [9.17, 15) is 5.11 Å². The third kappa shape index (κ3) is 5.79. The summed E-state index contributed by atoms with van der Waals surface area (Å²) in [5.41, 5.74) is 2.07. The molecule has 0 aromatic heterocycles. The molecule has 3 heteroatoms. The van der Waals surface area contributed by atoms with Gasteiger partial charge in [-0.05, 0) is 67.8 Å². The Hall–Kier alpha value is -1.61. The zero-order chi connectivity index (χ0) is 17.4. The minimum absolute atomic E-state index is 0.346. The van der Waals surface area contributed by atoms with Gasteiger partial charge < -0.3 is 9.84 Å². The molecule has 0 fully saturated rings. The lowest BCUT2D eigenvalue weighted by atomic mass is 10.2. The number of unbranched alkanes of at least 4 members (excludes halogenated alkanes) is 4. The quantitative estimate of drug-likeness (QED) is 0.526. The molecule has 0 saturated carbocycles. The summed E-state index contributed by atoms with van der Waals surface area (Å²) in [6.45, 7) is 7.05. The molecular weight excluding hydrogens is 316 g/mol. The molecule has 0 radical (unpaired) electrons. The minimum atomic E-state index is 0.346. The SMILES string of the molecule is CCCCCCCOc1ccc(Sc2ccc(O)c(C)c2)cc1C. The normalized spacial score (nSPS) is 10.8. The highest BCUT2D eigenvalue weighted by Crippen LogP contribution is 2.33. The molecule has 0 bridgehead atoms. The molecule has 0 aliphatic heterocycles. The van der Waals surface area contributed by atoms with Crippen molar-refractivity contribution >= 4 is 11.8 Å². The molecule has 0 aliphatic rings. The maximum atomic E-state index is 9.61. The average Bonchev–Trinajstić information content (AvgIpc) is 2.56. The van der Waals surface area contributed by atoms with Crippen LogP contribution in [0, 0.1) is 13.8 Å². The van der Waals surface area contributed by atoms with Crippen LogP contribution in [0.15, 0.2) is 46.2 Å². The highest BCUT2D eigenvalue weighted by atomic mass is 32.2. The van der Waals surface area contributed by atoms with Crippen molar-refractivity contribution in [2.45, 2.75) is 62.7 Å². The lowest BCUT2D eigenvalue weighted by molar-refractivity contribution is 0.302. The van der Waals surface area contributed by atoms with E-state index in [-0.39, 0.29) is 0 Å². The average molecular weight is 345 g/mol. The molecule has 2 rings (SSSR count). The zero-order valence-corrected chi connectivity index (χ0v) is 15.8. The van der Waals surface area contributed by atoms with Gasteiger partial charge in [-0.25, -0.2) is 0 Å². The molecule has 0 saturated heterocycles. The second-order valence-electron chi connectivity index (χ2n) is 6.24. The van der Waals surface area contributed by atoms with Crippen molar-refractivity contribution in [1.29, 1.82) is 0 Å². The smallest absolute Gasteiger partial charge is 0.122 e. The predicted molar refractivity (Wildman–Crippen MR) is 102 cm³/mol. The van der Waals surface area contributed by atoms with Crippen LogP contribution in [0.3, 0.4) is 0 Å². The number of phenols is 1. The van der Waals surface area contributed by atoms with E-state index < -0.39 is 0 Å². The lowest BCUT2D eigenvalue weighted by Gasteiger charge is -2.11. The van der Waals surface area contributed by atoms with E-state index in [1.807, 2.05) is 19.1 Å². The molecule has 2 aromatic rings. The van der Waals surface area contributed by atoms with Gasteiger partial charge in [-0.2, -0.15) is 0 Å². The number of aromatic hydroxyl groups is 1. The first kappa shape index (κ1) is 18.7. The van der Waals surface area contributed by atoms with Crippen LogP contribution in [0.2, 0.25) is 0 Å². The fourth-order valence-electron chi connectivity index (χ4n) is 2.56. The Kier molecular flexibility index (Phi) is 7.51. The van der Waals surface area contributed by atoms with Crippen molar-refractivity contribution in [2.24, 2.45) is 0 Å². The number of hydrogen-bond donors (Lipinski definition) is 1. The Morgan fingerprint density at radius 2 is 1.54 bits per heavy atom. The molecule has 2 nitrogen and oxygen atoms in total. The fraction of sp³-hybridized carbons (Fsp3) is 0.429. The topological polar surface area (TPSA) is 29.5 Å². The van der Waals surface area contributed by atoms with Gasteiger partial charge in [-0.1, -0.05) is 44.4 Å². The van der Waals surface area contributed by atoms with Gasteiger partial charge in [0.1, 0.15) is 11.5 Å². The van der Waals surface area contributed by atoms with Crippen LogP contribution < -0.4 is 4.74 Å². The maximum absolute atomic E-state index is 9.61. The van der Waals surface area contributed by atoms with E-state index in [4.69, 9.17) is 4.74 Å². The van der Waals surface area contributed by atoms with Crippen molar-refractivity contribution in [2.75, 3.05) is 6.61 Å². The van der Waals surface area contributed by atoms with Crippen LogP contribution in [0.5, 0.6) is 11.5 Å². The molecule has 0 spiro atoms. The molecular formula is C21H28O2S. The van der Waals surface area contributed by atoms with E-state index >= 15 is 0 Å². The van der Waals surface area contributed by atoms with Gasteiger partial charge in [-0.15, -0.1) is 0 Å². The van der Waals surface area contributed by atoms with Crippen LogP contribution >= 0.6 is 11.8 Å². The third-order valence-electron chi connectivity index (χ3n) is 4.06. The van der Waals surface area contributed by atoms with Crippen molar-refractivity contribution in [1.82, 2.24) is 0 Å². The molecule has 0 unspecified atom stereocenters. The maximum Gasteiger partial charge on any atom is 0.122 e. The zero-order valence-electron chi connectivity index (χ0n) is 15.0. The summed E-state index contributed by atoms with van der Waals surface area (Å²) in [4.78, 5) is 2.32. The van der Waals surface area contributed by atoms with Crippen molar-refractivity contribution < 1.29 is 9.84 Å². The van der Waals surface area contributed by atoms with Crippen LogP contribution in [0.25, 0.3) is 0 Å². The molecule has 0 aliphatic carbocycles. The van der Waals surface area contributed by atoms with Crippen molar-refractivity contribution in [3.05, 3.63) is 47.5 Å².